The minimum atomic E-state index is 0. The van der Waals surface area contributed by atoms with Gasteiger partial charge in [-0.05, 0) is 43.2 Å². The molecule has 1 heterocycles. The van der Waals surface area contributed by atoms with Crippen molar-refractivity contribution in [1.29, 1.82) is 0 Å². The van der Waals surface area contributed by atoms with Crippen molar-refractivity contribution >= 4 is 53.1 Å². The third-order valence-corrected chi connectivity index (χ3v) is 6.25. The first-order chi connectivity index (χ1) is 12.2. The predicted molar refractivity (Wildman–Crippen MR) is 111 cm³/mol. The lowest BCUT2D eigenvalue weighted by molar-refractivity contribution is -0.117. The van der Waals surface area contributed by atoms with E-state index in [9.17, 15) is 4.79 Å². The Balaban J connectivity index is 0.00000196. The molecule has 138 valence electrons. The normalized spacial score (nSPS) is 16.4. The summed E-state index contributed by atoms with van der Waals surface area (Å²) in [4.78, 5) is 17.1. The van der Waals surface area contributed by atoms with Gasteiger partial charge in [-0.15, -0.1) is 12.4 Å². The van der Waals surface area contributed by atoms with Gasteiger partial charge in [0.05, 0.1) is 17.9 Å². The fourth-order valence-electron chi connectivity index (χ4n) is 3.61. The van der Waals surface area contributed by atoms with Crippen molar-refractivity contribution < 1.29 is 4.79 Å². The Bertz CT molecular complexity index is 793. The minimum Gasteiger partial charge on any atom is -0.306 e. The second-order valence-corrected chi connectivity index (χ2v) is 8.15. The number of benzene rings is 2. The number of hydrogen-bond donors (Lipinski definition) is 1. The summed E-state index contributed by atoms with van der Waals surface area (Å²) < 4.78 is 0. The van der Waals surface area contributed by atoms with Gasteiger partial charge in [-0.25, -0.2) is 0 Å². The third-order valence-electron chi connectivity index (χ3n) is 4.88. The van der Waals surface area contributed by atoms with Gasteiger partial charge in [0.1, 0.15) is 0 Å². The van der Waals surface area contributed by atoms with Crippen LogP contribution in [0.2, 0.25) is 5.02 Å². The number of para-hydroxylation sites is 1. The number of fused-ring (bicyclic) bond motifs is 2. The van der Waals surface area contributed by atoms with Gasteiger partial charge in [-0.2, -0.15) is 0 Å². The molecule has 0 unspecified atom stereocenters. The quantitative estimate of drug-likeness (QED) is 0.694. The maximum Gasteiger partial charge on any atom is 0.245 e. The van der Waals surface area contributed by atoms with Crippen LogP contribution in [-0.2, 0) is 4.79 Å². The number of carbonyl (C=O) groups is 1. The van der Waals surface area contributed by atoms with E-state index in [1.807, 2.05) is 41.3 Å². The van der Waals surface area contributed by atoms with Crippen molar-refractivity contribution in [2.24, 2.45) is 0 Å². The summed E-state index contributed by atoms with van der Waals surface area (Å²) in [6.07, 6.45) is 6.17. The molecule has 1 saturated carbocycles. The van der Waals surface area contributed by atoms with Gasteiger partial charge in [0.2, 0.25) is 5.91 Å². The SMILES string of the molecule is Cl.O=C(CNC1CCCCC1)N1c2ccccc2Sc2ccc(Cl)cc21. The summed E-state index contributed by atoms with van der Waals surface area (Å²) in [5, 5.41) is 4.11. The first kappa shape index (κ1) is 19.6. The zero-order chi connectivity index (χ0) is 17.2. The molecular formula is C20H22Cl2N2OS. The van der Waals surface area contributed by atoms with E-state index in [2.05, 4.69) is 11.4 Å². The van der Waals surface area contributed by atoms with Gasteiger partial charge in [0, 0.05) is 20.9 Å². The van der Waals surface area contributed by atoms with Crippen LogP contribution in [0.25, 0.3) is 0 Å². The largest absolute Gasteiger partial charge is 0.306 e. The molecule has 2 aliphatic rings. The van der Waals surface area contributed by atoms with Crippen LogP contribution in [0.15, 0.2) is 52.3 Å². The molecular weight excluding hydrogens is 387 g/mol. The highest BCUT2D eigenvalue weighted by molar-refractivity contribution is 7.99. The number of hydrogen-bond acceptors (Lipinski definition) is 3. The van der Waals surface area contributed by atoms with Gasteiger partial charge >= 0.3 is 0 Å². The van der Waals surface area contributed by atoms with Crippen LogP contribution in [-0.4, -0.2) is 18.5 Å². The summed E-state index contributed by atoms with van der Waals surface area (Å²) in [5.74, 6) is 0.0711. The van der Waals surface area contributed by atoms with Crippen molar-refractivity contribution in [3.05, 3.63) is 47.5 Å². The molecule has 1 N–H and O–H groups in total. The lowest BCUT2D eigenvalue weighted by Crippen LogP contribution is -2.41. The van der Waals surface area contributed by atoms with Crippen LogP contribution in [0.5, 0.6) is 0 Å². The van der Waals surface area contributed by atoms with Crippen LogP contribution in [0, 0.1) is 0 Å². The van der Waals surface area contributed by atoms with Gasteiger partial charge in [-0.3, -0.25) is 9.69 Å². The highest BCUT2D eigenvalue weighted by Crippen LogP contribution is 2.48. The molecule has 1 amide bonds. The highest BCUT2D eigenvalue weighted by Gasteiger charge is 2.28. The molecule has 0 radical (unpaired) electrons. The van der Waals surface area contributed by atoms with E-state index in [1.165, 1.54) is 32.1 Å². The molecule has 1 aliphatic heterocycles. The second kappa shape index (κ2) is 8.66. The summed E-state index contributed by atoms with van der Waals surface area (Å²) in [5.41, 5.74) is 1.82. The number of carbonyl (C=O) groups excluding carboxylic acids is 1. The fraction of sp³-hybridized carbons (Fsp3) is 0.350. The van der Waals surface area contributed by atoms with Crippen molar-refractivity contribution in [1.82, 2.24) is 5.32 Å². The maximum atomic E-state index is 13.1. The highest BCUT2D eigenvalue weighted by atomic mass is 35.5. The Morgan fingerprint density at radius 3 is 2.62 bits per heavy atom. The minimum absolute atomic E-state index is 0. The molecule has 26 heavy (non-hydrogen) atoms. The van der Waals surface area contributed by atoms with E-state index in [1.54, 1.807) is 11.8 Å². The predicted octanol–water partition coefficient (Wildman–Crippen LogP) is 5.81. The molecule has 1 aliphatic carbocycles. The van der Waals surface area contributed by atoms with E-state index < -0.39 is 0 Å². The van der Waals surface area contributed by atoms with Gasteiger partial charge in [0.25, 0.3) is 0 Å². The number of amides is 1. The lowest BCUT2D eigenvalue weighted by atomic mass is 9.95. The average Bonchev–Trinajstić information content (AvgIpc) is 2.65. The van der Waals surface area contributed by atoms with Crippen LogP contribution in [0.1, 0.15) is 32.1 Å². The topological polar surface area (TPSA) is 32.3 Å². The van der Waals surface area contributed by atoms with Gasteiger partial charge < -0.3 is 5.32 Å². The Morgan fingerprint density at radius 1 is 1.08 bits per heavy atom. The number of anilines is 2. The second-order valence-electron chi connectivity index (χ2n) is 6.63. The Morgan fingerprint density at radius 2 is 1.81 bits per heavy atom. The molecule has 0 atom stereocenters. The Labute approximate surface area is 169 Å². The Kier molecular flexibility index (Phi) is 6.51. The summed E-state index contributed by atoms with van der Waals surface area (Å²) in [6, 6.07) is 14.3. The molecule has 4 rings (SSSR count). The van der Waals surface area contributed by atoms with E-state index in [4.69, 9.17) is 11.6 Å². The number of halogens is 2. The fourth-order valence-corrected chi connectivity index (χ4v) is 4.82. The van der Waals surface area contributed by atoms with Crippen molar-refractivity contribution in [3.63, 3.8) is 0 Å². The van der Waals surface area contributed by atoms with E-state index in [0.717, 1.165) is 21.2 Å². The van der Waals surface area contributed by atoms with Crippen LogP contribution in [0.4, 0.5) is 11.4 Å². The number of rotatable bonds is 3. The van der Waals surface area contributed by atoms with Gasteiger partial charge in [-0.1, -0.05) is 54.8 Å². The Hall–Kier alpha value is -1.20. The van der Waals surface area contributed by atoms with E-state index >= 15 is 0 Å². The van der Waals surface area contributed by atoms with Crippen LogP contribution >= 0.6 is 35.8 Å². The summed E-state index contributed by atoms with van der Waals surface area (Å²) in [7, 11) is 0. The summed E-state index contributed by atoms with van der Waals surface area (Å²) >= 11 is 7.90. The molecule has 2 aromatic rings. The molecule has 0 saturated heterocycles. The molecule has 0 aromatic heterocycles. The van der Waals surface area contributed by atoms with Gasteiger partial charge in [0.15, 0.2) is 0 Å². The first-order valence-electron chi connectivity index (χ1n) is 8.85. The lowest BCUT2D eigenvalue weighted by Gasteiger charge is -2.32. The first-order valence-corrected chi connectivity index (χ1v) is 10.0. The molecule has 2 aromatic carbocycles. The monoisotopic (exact) mass is 408 g/mol. The standard InChI is InChI=1S/C20H21ClN2OS.ClH/c21-14-10-11-19-17(12-14)23(16-8-4-5-9-18(16)25-19)20(24)13-22-15-6-2-1-3-7-15;/h4-5,8-12,15,22H,1-3,6-7,13H2;1H. The summed E-state index contributed by atoms with van der Waals surface area (Å²) in [6.45, 7) is 0.357. The van der Waals surface area contributed by atoms with Crippen molar-refractivity contribution in [2.75, 3.05) is 11.4 Å². The smallest absolute Gasteiger partial charge is 0.245 e. The van der Waals surface area contributed by atoms with Crippen LogP contribution < -0.4 is 10.2 Å². The number of nitrogens with one attached hydrogen (secondary N) is 1. The zero-order valence-corrected chi connectivity index (χ0v) is 16.8. The van der Waals surface area contributed by atoms with Crippen molar-refractivity contribution in [3.8, 4) is 0 Å². The maximum absolute atomic E-state index is 13.1. The third kappa shape index (κ3) is 4.04. The molecule has 3 nitrogen and oxygen atoms in total. The van der Waals surface area contributed by atoms with E-state index in [-0.39, 0.29) is 18.3 Å². The zero-order valence-electron chi connectivity index (χ0n) is 14.4. The van der Waals surface area contributed by atoms with E-state index in [0.29, 0.717) is 17.6 Å². The van der Waals surface area contributed by atoms with Crippen LogP contribution in [0.3, 0.4) is 0 Å². The molecule has 1 fully saturated rings. The molecule has 6 heteroatoms. The molecule has 0 spiro atoms. The van der Waals surface area contributed by atoms with Crippen molar-refractivity contribution in [2.45, 2.75) is 47.9 Å². The number of nitrogens with zero attached hydrogens (tertiary/aromatic N) is 1. The average molecular weight is 409 g/mol. The molecule has 0 bridgehead atoms.